The zero-order chi connectivity index (χ0) is 24.8. The number of aliphatic hydroxyl groups is 1. The van der Waals surface area contributed by atoms with E-state index in [1.807, 2.05) is 13.0 Å². The molecule has 3 aliphatic heterocycles. The maximum Gasteiger partial charge on any atom is 0.136 e. The molecule has 1 aromatic carbocycles. The van der Waals surface area contributed by atoms with E-state index in [0.717, 1.165) is 101 Å². The Morgan fingerprint density at radius 2 is 1.71 bits per heavy atom. The Balaban J connectivity index is 0.00000141. The summed E-state index contributed by atoms with van der Waals surface area (Å²) in [5.74, 6) is 2.96. The third-order valence-electron chi connectivity index (χ3n) is 7.12. The van der Waals surface area contributed by atoms with Gasteiger partial charge in [-0.1, -0.05) is 0 Å². The van der Waals surface area contributed by atoms with Gasteiger partial charge in [0.25, 0.3) is 0 Å². The molecule has 3 fully saturated rings. The van der Waals surface area contributed by atoms with Crippen molar-refractivity contribution in [1.29, 1.82) is 5.41 Å². The molecule has 0 bridgehead atoms. The minimum absolute atomic E-state index is 0.540. The predicted octanol–water partition coefficient (Wildman–Crippen LogP) is 2.86. The first-order valence-corrected chi connectivity index (χ1v) is 12.5. The summed E-state index contributed by atoms with van der Waals surface area (Å²) in [5, 5.41) is 18.5. The Hall–Kier alpha value is -2.59. The molecule has 9 heteroatoms. The Morgan fingerprint density at radius 1 is 1.00 bits per heavy atom. The number of nitrogens with one attached hydrogen (secondary N) is 2. The fraction of sp³-hybridized carbons (Fsp3) is 0.577. The molecule has 0 saturated carbocycles. The maximum absolute atomic E-state index is 7.97. The van der Waals surface area contributed by atoms with Crippen molar-refractivity contribution in [1.82, 2.24) is 14.9 Å². The van der Waals surface area contributed by atoms with Gasteiger partial charge in [0.05, 0.1) is 32.5 Å². The van der Waals surface area contributed by atoms with Crippen LogP contribution in [0.15, 0.2) is 18.2 Å². The summed E-state index contributed by atoms with van der Waals surface area (Å²) < 4.78 is 10.9. The van der Waals surface area contributed by atoms with Crippen molar-refractivity contribution < 1.29 is 14.6 Å². The monoisotopic (exact) mass is 482 g/mol. The van der Waals surface area contributed by atoms with E-state index in [0.29, 0.717) is 12.0 Å². The first-order chi connectivity index (χ1) is 17.1. The van der Waals surface area contributed by atoms with E-state index in [9.17, 15) is 0 Å². The molecule has 2 aromatic rings. The van der Waals surface area contributed by atoms with Crippen molar-refractivity contribution in [2.75, 3.05) is 69.9 Å². The van der Waals surface area contributed by atoms with Crippen LogP contribution in [-0.2, 0) is 9.47 Å². The van der Waals surface area contributed by atoms with Gasteiger partial charge in [0, 0.05) is 43.7 Å². The summed E-state index contributed by atoms with van der Waals surface area (Å²) in [7, 11) is 1.00. The summed E-state index contributed by atoms with van der Waals surface area (Å²) in [4.78, 5) is 14.1. The van der Waals surface area contributed by atoms with E-state index in [4.69, 9.17) is 20.0 Å². The van der Waals surface area contributed by atoms with Crippen LogP contribution in [0, 0.1) is 19.3 Å². The number of likely N-dealkylation sites (tertiary alicyclic amines) is 1. The second-order valence-corrected chi connectivity index (χ2v) is 9.32. The van der Waals surface area contributed by atoms with Crippen molar-refractivity contribution in [3.63, 3.8) is 0 Å². The molecule has 0 amide bonds. The number of morpholine rings is 1. The smallest absolute Gasteiger partial charge is 0.136 e. The third-order valence-corrected chi connectivity index (χ3v) is 7.12. The highest BCUT2D eigenvalue weighted by Crippen LogP contribution is 2.35. The molecule has 190 valence electrons. The Kier molecular flexibility index (Phi) is 8.67. The Bertz CT molecular complexity index is 999. The van der Waals surface area contributed by atoms with Crippen molar-refractivity contribution in [2.45, 2.75) is 38.6 Å². The van der Waals surface area contributed by atoms with Gasteiger partial charge in [0.15, 0.2) is 0 Å². The summed E-state index contributed by atoms with van der Waals surface area (Å²) in [6.07, 6.45) is 3.75. The molecule has 3 saturated heterocycles. The van der Waals surface area contributed by atoms with Crippen molar-refractivity contribution in [2.24, 2.45) is 0 Å². The summed E-state index contributed by atoms with van der Waals surface area (Å²) in [5.41, 5.74) is 4.46. The highest BCUT2D eigenvalue weighted by molar-refractivity contribution is 5.88. The zero-order valence-electron chi connectivity index (χ0n) is 21.1. The van der Waals surface area contributed by atoms with Gasteiger partial charge in [-0.2, -0.15) is 0 Å². The van der Waals surface area contributed by atoms with Crippen LogP contribution in [0.4, 0.5) is 17.3 Å². The Morgan fingerprint density at radius 3 is 2.34 bits per heavy atom. The molecule has 0 radical (unpaired) electrons. The second-order valence-electron chi connectivity index (χ2n) is 9.32. The topological polar surface area (TPSA) is 107 Å². The van der Waals surface area contributed by atoms with Crippen LogP contribution < -0.4 is 10.2 Å². The standard InChI is InChI=1S/C25H34N6O2.CH4O/c1-17-11-20(14-26)23(12-22(17)19-3-5-30(6-4-19)21-15-33-16-21)29-24-13-25(28-18(2)27-24)31-7-9-32-10-8-31;1-2/h11-14,19,21,26H,3-10,15-16H2,1-2H3,(H,27,28,29);2H,1H3. The molecule has 5 rings (SSSR count). The fourth-order valence-electron chi connectivity index (χ4n) is 5.13. The largest absolute Gasteiger partial charge is 0.400 e. The summed E-state index contributed by atoms with van der Waals surface area (Å²) >= 11 is 0. The fourth-order valence-corrected chi connectivity index (χ4v) is 5.13. The van der Waals surface area contributed by atoms with Crippen molar-refractivity contribution in [3.8, 4) is 0 Å². The number of rotatable bonds is 6. The van der Waals surface area contributed by atoms with Gasteiger partial charge < -0.3 is 30.2 Å². The molecule has 35 heavy (non-hydrogen) atoms. The molecule has 3 aliphatic rings. The number of ether oxygens (including phenoxy) is 2. The van der Waals surface area contributed by atoms with E-state index < -0.39 is 0 Å². The average molecular weight is 483 g/mol. The normalized spacial score (nSPS) is 19.5. The van der Waals surface area contributed by atoms with Gasteiger partial charge in [-0.05, 0) is 69.0 Å². The van der Waals surface area contributed by atoms with Gasteiger partial charge in [-0.25, -0.2) is 9.97 Å². The molecule has 0 spiro atoms. The lowest BCUT2D eigenvalue weighted by molar-refractivity contribution is -0.0712. The van der Waals surface area contributed by atoms with E-state index in [-0.39, 0.29) is 0 Å². The molecule has 0 atom stereocenters. The molecule has 9 nitrogen and oxygen atoms in total. The quantitative estimate of drug-likeness (QED) is 0.540. The SMILES string of the molecule is CO.Cc1nc(Nc2cc(C3CCN(C4COC4)CC3)c(C)cc2C=N)cc(N2CCOCC2)n1. The van der Waals surface area contributed by atoms with Crippen LogP contribution >= 0.6 is 0 Å². The van der Waals surface area contributed by atoms with E-state index in [2.05, 4.69) is 44.1 Å². The average Bonchev–Trinajstić information content (AvgIpc) is 2.86. The Labute approximate surface area is 208 Å². The van der Waals surface area contributed by atoms with E-state index in [1.165, 1.54) is 17.3 Å². The number of aryl methyl sites for hydroxylation is 2. The lowest BCUT2D eigenvalue weighted by Crippen LogP contribution is -2.51. The van der Waals surface area contributed by atoms with Crippen molar-refractivity contribution in [3.05, 3.63) is 40.7 Å². The van der Waals surface area contributed by atoms with E-state index >= 15 is 0 Å². The number of aliphatic hydroxyl groups excluding tert-OH is 1. The number of aromatic nitrogens is 2. The maximum atomic E-state index is 7.97. The number of benzene rings is 1. The van der Waals surface area contributed by atoms with Crippen LogP contribution in [0.3, 0.4) is 0 Å². The molecule has 0 aliphatic carbocycles. The second kappa shape index (κ2) is 11.9. The van der Waals surface area contributed by atoms with Gasteiger partial charge in [-0.15, -0.1) is 0 Å². The van der Waals surface area contributed by atoms with Crippen LogP contribution in [0.1, 0.15) is 41.3 Å². The minimum Gasteiger partial charge on any atom is -0.400 e. The number of hydrogen-bond acceptors (Lipinski definition) is 9. The minimum atomic E-state index is 0.540. The van der Waals surface area contributed by atoms with E-state index in [1.54, 1.807) is 0 Å². The highest BCUT2D eigenvalue weighted by atomic mass is 16.5. The number of nitrogens with zero attached hydrogens (tertiary/aromatic N) is 4. The zero-order valence-corrected chi connectivity index (χ0v) is 21.1. The molecule has 4 heterocycles. The van der Waals surface area contributed by atoms with Crippen LogP contribution in [0.25, 0.3) is 0 Å². The van der Waals surface area contributed by atoms with Crippen molar-refractivity contribution >= 4 is 23.5 Å². The third kappa shape index (κ3) is 5.98. The molecule has 3 N–H and O–H groups in total. The number of anilines is 3. The molecular formula is C26H38N6O3. The number of piperidine rings is 1. The van der Waals surface area contributed by atoms with Gasteiger partial charge >= 0.3 is 0 Å². The summed E-state index contributed by atoms with van der Waals surface area (Å²) in [6.45, 7) is 11.2. The molecule has 0 unspecified atom stereocenters. The number of hydrogen-bond donors (Lipinski definition) is 3. The molecular weight excluding hydrogens is 444 g/mol. The van der Waals surface area contributed by atoms with Gasteiger partial charge in [0.2, 0.25) is 0 Å². The lowest BCUT2D eigenvalue weighted by atomic mass is 9.85. The van der Waals surface area contributed by atoms with Crippen LogP contribution in [0.5, 0.6) is 0 Å². The first-order valence-electron chi connectivity index (χ1n) is 12.5. The summed E-state index contributed by atoms with van der Waals surface area (Å²) in [6, 6.07) is 7.00. The lowest BCUT2D eigenvalue weighted by Gasteiger charge is -2.41. The first kappa shape index (κ1) is 25.5. The highest BCUT2D eigenvalue weighted by Gasteiger charge is 2.30. The van der Waals surface area contributed by atoms with Gasteiger partial charge in [-0.3, -0.25) is 4.90 Å². The van der Waals surface area contributed by atoms with Crippen LogP contribution in [-0.4, -0.2) is 91.9 Å². The van der Waals surface area contributed by atoms with Crippen LogP contribution in [0.2, 0.25) is 0 Å². The van der Waals surface area contributed by atoms with Gasteiger partial charge in [0.1, 0.15) is 17.5 Å². The predicted molar refractivity (Wildman–Crippen MR) is 138 cm³/mol. The molecule has 1 aromatic heterocycles.